The first kappa shape index (κ1) is 8.93. The summed E-state index contributed by atoms with van der Waals surface area (Å²) in [5, 5.41) is 4.51. The van der Waals surface area contributed by atoms with E-state index in [1.165, 1.54) is 29.2 Å². The van der Waals surface area contributed by atoms with Crippen LogP contribution in [0, 0.1) is 0 Å². The Labute approximate surface area is 93.2 Å². The van der Waals surface area contributed by atoms with E-state index in [0.29, 0.717) is 12.0 Å². The van der Waals surface area contributed by atoms with Gasteiger partial charge < -0.3 is 5.32 Å². The lowest BCUT2D eigenvalue weighted by Gasteiger charge is -2.25. The summed E-state index contributed by atoms with van der Waals surface area (Å²) in [6.07, 6.45) is 1.26. The van der Waals surface area contributed by atoms with E-state index in [1.807, 2.05) is 23.9 Å². The molecule has 2 heterocycles. The van der Waals surface area contributed by atoms with Crippen molar-refractivity contribution in [1.29, 1.82) is 0 Å². The highest BCUT2D eigenvalue weighted by molar-refractivity contribution is 7.99. The lowest BCUT2D eigenvalue weighted by Crippen LogP contribution is -2.26. The molecular weight excluding hydrogens is 214 g/mol. The third-order valence-corrected chi connectivity index (χ3v) is 4.57. The molecule has 0 bridgehead atoms. The number of halogens is 1. The van der Waals surface area contributed by atoms with Gasteiger partial charge >= 0.3 is 0 Å². The topological polar surface area (TPSA) is 12.0 Å². The highest BCUT2D eigenvalue weighted by Crippen LogP contribution is 2.45. The van der Waals surface area contributed by atoms with Gasteiger partial charge in [0.25, 0.3) is 0 Å². The largest absolute Gasteiger partial charge is 0.381 e. The zero-order valence-corrected chi connectivity index (χ0v) is 9.37. The van der Waals surface area contributed by atoms with Gasteiger partial charge in [0.2, 0.25) is 0 Å². The predicted molar refractivity (Wildman–Crippen MR) is 63.5 cm³/mol. The van der Waals surface area contributed by atoms with Crippen molar-refractivity contribution in [1.82, 2.24) is 0 Å². The average molecular weight is 226 g/mol. The van der Waals surface area contributed by atoms with Crippen LogP contribution in [-0.2, 0) is 0 Å². The second-order valence-corrected chi connectivity index (χ2v) is 5.48. The van der Waals surface area contributed by atoms with Crippen molar-refractivity contribution in [2.45, 2.75) is 18.4 Å². The number of benzene rings is 1. The molecule has 74 valence electrons. The molecule has 1 saturated heterocycles. The fourth-order valence-electron chi connectivity index (χ4n) is 2.43. The minimum Gasteiger partial charge on any atom is -0.381 e. The Balaban J connectivity index is 2.06. The van der Waals surface area contributed by atoms with Gasteiger partial charge in [-0.2, -0.15) is 11.8 Å². The summed E-state index contributed by atoms with van der Waals surface area (Å²) in [5.74, 6) is 3.13. The summed E-state index contributed by atoms with van der Waals surface area (Å²) in [6, 6.07) is 6.80. The van der Waals surface area contributed by atoms with Gasteiger partial charge in [0.1, 0.15) is 0 Å². The van der Waals surface area contributed by atoms with E-state index in [4.69, 9.17) is 11.6 Å². The van der Waals surface area contributed by atoms with E-state index in [9.17, 15) is 0 Å². The Morgan fingerprint density at radius 3 is 3.29 bits per heavy atom. The van der Waals surface area contributed by atoms with Crippen LogP contribution in [0.1, 0.15) is 17.9 Å². The second kappa shape index (κ2) is 3.35. The van der Waals surface area contributed by atoms with Gasteiger partial charge in [0.05, 0.1) is 0 Å². The van der Waals surface area contributed by atoms with Crippen molar-refractivity contribution in [3.8, 4) is 0 Å². The van der Waals surface area contributed by atoms with Crippen molar-refractivity contribution in [3.63, 3.8) is 0 Å². The number of hydrogen-bond donors (Lipinski definition) is 1. The molecule has 1 fully saturated rings. The first-order chi connectivity index (χ1) is 6.86. The molecule has 3 rings (SSSR count). The van der Waals surface area contributed by atoms with Crippen LogP contribution in [0.3, 0.4) is 0 Å². The van der Waals surface area contributed by atoms with Crippen LogP contribution in [0.15, 0.2) is 18.2 Å². The first-order valence-electron chi connectivity index (χ1n) is 4.99. The predicted octanol–water partition coefficient (Wildman–Crippen LogP) is 3.35. The molecule has 2 aliphatic rings. The Morgan fingerprint density at radius 1 is 1.43 bits per heavy atom. The molecule has 2 atom stereocenters. The first-order valence-corrected chi connectivity index (χ1v) is 6.52. The lowest BCUT2D eigenvalue weighted by atomic mass is 9.95. The van der Waals surface area contributed by atoms with E-state index in [1.54, 1.807) is 0 Å². The molecule has 1 aromatic rings. The highest BCUT2D eigenvalue weighted by Gasteiger charge is 2.35. The van der Waals surface area contributed by atoms with Gasteiger partial charge in [-0.15, -0.1) is 0 Å². The standard InChI is InChI=1S/C11H12ClNS/c12-8-2-1-3-10-11(8)7-6-14-5-4-9(7)13-10/h1-3,7,9,13H,4-6H2. The summed E-state index contributed by atoms with van der Waals surface area (Å²) in [5.41, 5.74) is 2.61. The second-order valence-electron chi connectivity index (χ2n) is 3.92. The van der Waals surface area contributed by atoms with Crippen molar-refractivity contribution >= 4 is 29.1 Å². The third-order valence-electron chi connectivity index (χ3n) is 3.12. The van der Waals surface area contributed by atoms with E-state index in [2.05, 4.69) is 11.4 Å². The summed E-state index contributed by atoms with van der Waals surface area (Å²) >= 11 is 8.29. The monoisotopic (exact) mass is 225 g/mol. The molecular formula is C11H12ClNS. The van der Waals surface area contributed by atoms with Gasteiger partial charge in [0.15, 0.2) is 0 Å². The number of anilines is 1. The van der Waals surface area contributed by atoms with Crippen molar-refractivity contribution in [3.05, 3.63) is 28.8 Å². The van der Waals surface area contributed by atoms with E-state index in [0.717, 1.165) is 5.02 Å². The summed E-state index contributed by atoms with van der Waals surface area (Å²) in [7, 11) is 0. The average Bonchev–Trinajstić information content (AvgIpc) is 2.57. The fraction of sp³-hybridized carbons (Fsp3) is 0.455. The minimum atomic E-state index is 0.631. The number of hydrogen-bond acceptors (Lipinski definition) is 2. The van der Waals surface area contributed by atoms with E-state index >= 15 is 0 Å². The van der Waals surface area contributed by atoms with Crippen LogP contribution < -0.4 is 5.32 Å². The van der Waals surface area contributed by atoms with Crippen molar-refractivity contribution in [2.24, 2.45) is 0 Å². The molecule has 1 N–H and O–H groups in total. The van der Waals surface area contributed by atoms with Crippen molar-refractivity contribution < 1.29 is 0 Å². The number of fused-ring (bicyclic) bond motifs is 3. The number of nitrogens with one attached hydrogen (secondary N) is 1. The molecule has 1 nitrogen and oxygen atoms in total. The van der Waals surface area contributed by atoms with Gasteiger partial charge in [-0.1, -0.05) is 17.7 Å². The Morgan fingerprint density at radius 2 is 2.36 bits per heavy atom. The quantitative estimate of drug-likeness (QED) is 0.727. The molecule has 0 spiro atoms. The van der Waals surface area contributed by atoms with E-state index < -0.39 is 0 Å². The molecule has 0 aliphatic carbocycles. The molecule has 0 saturated carbocycles. The Hall–Kier alpha value is -0.340. The minimum absolute atomic E-state index is 0.631. The maximum Gasteiger partial charge on any atom is 0.0462 e. The molecule has 1 aromatic carbocycles. The Kier molecular flexibility index (Phi) is 2.14. The van der Waals surface area contributed by atoms with Crippen molar-refractivity contribution in [2.75, 3.05) is 16.8 Å². The number of rotatable bonds is 0. The van der Waals surface area contributed by atoms with Crippen LogP contribution in [0.5, 0.6) is 0 Å². The molecule has 0 aromatic heterocycles. The fourth-order valence-corrected chi connectivity index (χ4v) is 3.99. The molecule has 3 heteroatoms. The van der Waals surface area contributed by atoms with Gasteiger partial charge in [-0.25, -0.2) is 0 Å². The lowest BCUT2D eigenvalue weighted by molar-refractivity contribution is 0.614. The molecule has 2 unspecified atom stereocenters. The van der Waals surface area contributed by atoms with Gasteiger partial charge in [-0.05, 0) is 29.9 Å². The summed E-state index contributed by atoms with van der Waals surface area (Å²) in [6.45, 7) is 0. The molecule has 0 radical (unpaired) electrons. The molecule has 0 amide bonds. The smallest absolute Gasteiger partial charge is 0.0462 e. The van der Waals surface area contributed by atoms with Crippen LogP contribution in [-0.4, -0.2) is 17.5 Å². The summed E-state index contributed by atoms with van der Waals surface area (Å²) < 4.78 is 0. The zero-order valence-electron chi connectivity index (χ0n) is 7.79. The maximum absolute atomic E-state index is 6.24. The highest BCUT2D eigenvalue weighted by atomic mass is 35.5. The van der Waals surface area contributed by atoms with E-state index in [-0.39, 0.29) is 0 Å². The summed E-state index contributed by atoms with van der Waals surface area (Å²) in [4.78, 5) is 0. The molecule has 2 aliphatic heterocycles. The van der Waals surface area contributed by atoms with Gasteiger partial charge in [-0.3, -0.25) is 0 Å². The molecule has 14 heavy (non-hydrogen) atoms. The maximum atomic E-state index is 6.24. The van der Waals surface area contributed by atoms with Crippen LogP contribution in [0.25, 0.3) is 0 Å². The third kappa shape index (κ3) is 1.24. The zero-order chi connectivity index (χ0) is 9.54. The van der Waals surface area contributed by atoms with Crippen LogP contribution >= 0.6 is 23.4 Å². The number of thioether (sulfide) groups is 1. The van der Waals surface area contributed by atoms with Crippen LogP contribution in [0.2, 0.25) is 5.02 Å². The van der Waals surface area contributed by atoms with Gasteiger partial charge in [0, 0.05) is 28.4 Å². The van der Waals surface area contributed by atoms with Crippen LogP contribution in [0.4, 0.5) is 5.69 Å². The normalized spacial score (nSPS) is 29.2. The Bertz CT molecular complexity index is 366. The SMILES string of the molecule is Clc1cccc2c1C1CSCCC1N2.